The van der Waals surface area contributed by atoms with Gasteiger partial charge in [-0.3, -0.25) is 4.55 Å². The lowest BCUT2D eigenvalue weighted by Crippen LogP contribution is -2.33. The minimum absolute atomic E-state index is 0.0721. The molecule has 1 N–H and O–H groups in total. The monoisotopic (exact) mass is 394 g/mol. The standard InChI is InChI=1S/C21H43FO3S/c1-3-5-7-9-11-12-13-14-16-18-20-21(22,26(23,24)25)19-17-15-10-8-6-4-2/h3-20H2,1-2H3,(H,23,24,25). The van der Waals surface area contributed by atoms with Crippen molar-refractivity contribution in [3.05, 3.63) is 0 Å². The van der Waals surface area contributed by atoms with Crippen LogP contribution in [0.5, 0.6) is 0 Å². The summed E-state index contributed by atoms with van der Waals surface area (Å²) < 4.78 is 47.1. The van der Waals surface area contributed by atoms with Crippen molar-refractivity contribution in [2.45, 2.75) is 134 Å². The van der Waals surface area contributed by atoms with E-state index in [0.29, 0.717) is 12.8 Å². The SMILES string of the molecule is CCCCCCCCCCCCC(F)(CCCCCCCC)S(=O)(=O)O. The molecule has 0 aromatic rings. The highest BCUT2D eigenvalue weighted by molar-refractivity contribution is 7.87. The normalized spacial score (nSPS) is 14.5. The molecule has 1 atom stereocenters. The second-order valence-corrected chi connectivity index (χ2v) is 9.49. The molecule has 0 aromatic carbocycles. The summed E-state index contributed by atoms with van der Waals surface area (Å²) in [6, 6.07) is 0. The lowest BCUT2D eigenvalue weighted by atomic mass is 10.0. The number of hydrogen-bond donors (Lipinski definition) is 1. The summed E-state index contributed by atoms with van der Waals surface area (Å²) in [6.45, 7) is 4.35. The molecule has 0 amide bonds. The Labute approximate surface area is 162 Å². The summed E-state index contributed by atoms with van der Waals surface area (Å²) >= 11 is 0. The molecule has 3 nitrogen and oxygen atoms in total. The first-order chi connectivity index (χ1) is 12.4. The van der Waals surface area contributed by atoms with E-state index in [1.165, 1.54) is 38.5 Å². The smallest absolute Gasteiger partial charge is 0.283 e. The van der Waals surface area contributed by atoms with Gasteiger partial charge in [0.1, 0.15) is 0 Å². The van der Waals surface area contributed by atoms with Gasteiger partial charge in [0, 0.05) is 0 Å². The Morgan fingerprint density at radius 1 is 0.615 bits per heavy atom. The van der Waals surface area contributed by atoms with Gasteiger partial charge in [0.2, 0.25) is 5.00 Å². The number of halogens is 1. The van der Waals surface area contributed by atoms with Gasteiger partial charge in [0.05, 0.1) is 0 Å². The average molecular weight is 395 g/mol. The Morgan fingerprint density at radius 2 is 0.885 bits per heavy atom. The lowest BCUT2D eigenvalue weighted by Gasteiger charge is -2.22. The molecule has 0 heterocycles. The zero-order valence-corrected chi connectivity index (χ0v) is 18.1. The van der Waals surface area contributed by atoms with Gasteiger partial charge in [-0.25, -0.2) is 4.39 Å². The van der Waals surface area contributed by atoms with Gasteiger partial charge >= 0.3 is 0 Å². The van der Waals surface area contributed by atoms with E-state index in [2.05, 4.69) is 13.8 Å². The van der Waals surface area contributed by atoms with Crippen molar-refractivity contribution < 1.29 is 17.4 Å². The van der Waals surface area contributed by atoms with E-state index in [0.717, 1.165) is 51.4 Å². The molecule has 0 fully saturated rings. The highest BCUT2D eigenvalue weighted by atomic mass is 32.2. The predicted molar refractivity (Wildman–Crippen MR) is 110 cm³/mol. The molecular formula is C21H43FO3S. The van der Waals surface area contributed by atoms with Gasteiger partial charge in [0.25, 0.3) is 10.1 Å². The number of alkyl halides is 1. The van der Waals surface area contributed by atoms with E-state index in [-0.39, 0.29) is 12.8 Å². The van der Waals surface area contributed by atoms with Crippen molar-refractivity contribution in [3.63, 3.8) is 0 Å². The second kappa shape index (κ2) is 15.9. The number of hydrogen-bond acceptors (Lipinski definition) is 2. The highest BCUT2D eigenvalue weighted by Gasteiger charge is 2.41. The van der Waals surface area contributed by atoms with Crippen LogP contribution in [-0.4, -0.2) is 18.0 Å². The van der Waals surface area contributed by atoms with Crippen LogP contribution in [-0.2, 0) is 10.1 Å². The second-order valence-electron chi connectivity index (χ2n) is 7.81. The third kappa shape index (κ3) is 13.1. The summed E-state index contributed by atoms with van der Waals surface area (Å²) in [4.78, 5) is 0. The maximum absolute atomic E-state index is 14.8. The van der Waals surface area contributed by atoms with Crippen molar-refractivity contribution in [2.75, 3.05) is 0 Å². The fraction of sp³-hybridized carbons (Fsp3) is 1.00. The lowest BCUT2D eigenvalue weighted by molar-refractivity contribution is 0.203. The molecule has 0 bridgehead atoms. The van der Waals surface area contributed by atoms with Crippen molar-refractivity contribution in [1.29, 1.82) is 0 Å². The average Bonchev–Trinajstić information content (AvgIpc) is 2.58. The number of rotatable bonds is 19. The van der Waals surface area contributed by atoms with Gasteiger partial charge < -0.3 is 0 Å². The zero-order valence-electron chi connectivity index (χ0n) is 17.3. The molecule has 0 aliphatic rings. The number of unbranched alkanes of at least 4 members (excludes halogenated alkanes) is 14. The first-order valence-electron chi connectivity index (χ1n) is 11.0. The summed E-state index contributed by atoms with van der Waals surface area (Å²) in [6.07, 6.45) is 16.8. The first kappa shape index (κ1) is 25.8. The van der Waals surface area contributed by atoms with Crippen LogP contribution in [0.4, 0.5) is 4.39 Å². The quantitative estimate of drug-likeness (QED) is 0.181. The Hall–Kier alpha value is -0.160. The van der Waals surface area contributed by atoms with Crippen LogP contribution in [0.1, 0.15) is 129 Å². The van der Waals surface area contributed by atoms with Gasteiger partial charge in [0.15, 0.2) is 0 Å². The van der Waals surface area contributed by atoms with Crippen molar-refractivity contribution in [1.82, 2.24) is 0 Å². The molecule has 0 rings (SSSR count). The Balaban J connectivity index is 3.90. The van der Waals surface area contributed by atoms with Gasteiger partial charge in [-0.05, 0) is 25.7 Å². The topological polar surface area (TPSA) is 54.4 Å². The Bertz CT molecular complexity index is 411. The minimum atomic E-state index is -4.64. The molecule has 158 valence electrons. The van der Waals surface area contributed by atoms with E-state index in [1.807, 2.05) is 0 Å². The van der Waals surface area contributed by atoms with Crippen LogP contribution in [0.15, 0.2) is 0 Å². The molecule has 5 heteroatoms. The van der Waals surface area contributed by atoms with Crippen LogP contribution >= 0.6 is 0 Å². The van der Waals surface area contributed by atoms with E-state index < -0.39 is 15.1 Å². The van der Waals surface area contributed by atoms with Crippen molar-refractivity contribution >= 4 is 10.1 Å². The third-order valence-electron chi connectivity index (χ3n) is 5.27. The van der Waals surface area contributed by atoms with E-state index in [9.17, 15) is 17.4 Å². The first-order valence-corrected chi connectivity index (χ1v) is 12.5. The highest BCUT2D eigenvalue weighted by Crippen LogP contribution is 2.32. The fourth-order valence-corrected chi connectivity index (χ4v) is 4.23. The van der Waals surface area contributed by atoms with Crippen LogP contribution < -0.4 is 0 Å². The van der Waals surface area contributed by atoms with Crippen molar-refractivity contribution in [3.8, 4) is 0 Å². The maximum atomic E-state index is 14.8. The predicted octanol–water partition coefficient (Wildman–Crippen LogP) is 7.60. The van der Waals surface area contributed by atoms with Crippen LogP contribution in [0.3, 0.4) is 0 Å². The van der Waals surface area contributed by atoms with Gasteiger partial charge in [-0.1, -0.05) is 104 Å². The third-order valence-corrected chi connectivity index (χ3v) is 6.60. The molecule has 0 aliphatic heterocycles. The molecule has 0 radical (unpaired) electrons. The van der Waals surface area contributed by atoms with E-state index in [4.69, 9.17) is 0 Å². The Morgan fingerprint density at radius 3 is 1.15 bits per heavy atom. The molecule has 0 saturated heterocycles. The molecular weight excluding hydrogens is 351 g/mol. The summed E-state index contributed by atoms with van der Waals surface area (Å²) in [5.41, 5.74) is 0. The molecule has 0 spiro atoms. The summed E-state index contributed by atoms with van der Waals surface area (Å²) in [5, 5.41) is -2.45. The minimum Gasteiger partial charge on any atom is -0.283 e. The van der Waals surface area contributed by atoms with Crippen LogP contribution in [0.2, 0.25) is 0 Å². The van der Waals surface area contributed by atoms with E-state index >= 15 is 0 Å². The van der Waals surface area contributed by atoms with E-state index in [1.54, 1.807) is 0 Å². The molecule has 0 aliphatic carbocycles. The van der Waals surface area contributed by atoms with Crippen molar-refractivity contribution in [2.24, 2.45) is 0 Å². The molecule has 26 heavy (non-hydrogen) atoms. The maximum Gasteiger partial charge on any atom is 0.300 e. The largest absolute Gasteiger partial charge is 0.300 e. The molecule has 1 unspecified atom stereocenters. The van der Waals surface area contributed by atoms with Crippen LogP contribution in [0, 0.1) is 0 Å². The molecule has 0 aromatic heterocycles. The summed E-state index contributed by atoms with van der Waals surface area (Å²) in [5.74, 6) is 0. The van der Waals surface area contributed by atoms with Crippen LogP contribution in [0.25, 0.3) is 0 Å². The van der Waals surface area contributed by atoms with Gasteiger partial charge in [-0.2, -0.15) is 8.42 Å². The molecule has 0 saturated carbocycles. The fourth-order valence-electron chi connectivity index (χ4n) is 3.43. The summed E-state index contributed by atoms with van der Waals surface area (Å²) in [7, 11) is -4.64. The zero-order chi connectivity index (χ0) is 19.7. The van der Waals surface area contributed by atoms with Gasteiger partial charge in [-0.15, -0.1) is 0 Å². The Kier molecular flexibility index (Phi) is 15.8.